The average molecular weight is 427 g/mol. The fourth-order valence-corrected chi connectivity index (χ4v) is 4.72. The van der Waals surface area contributed by atoms with Crippen LogP contribution in [0.25, 0.3) is 10.6 Å². The van der Waals surface area contributed by atoms with Gasteiger partial charge in [-0.15, -0.1) is 21.5 Å². The van der Waals surface area contributed by atoms with Crippen LogP contribution in [0.4, 0.5) is 5.69 Å². The fourth-order valence-electron chi connectivity index (χ4n) is 2.39. The Bertz CT molecular complexity index is 1080. The number of hydrogen-bond donors (Lipinski definition) is 1. The average Bonchev–Trinajstić information content (AvgIpc) is 3.42. The summed E-state index contributed by atoms with van der Waals surface area (Å²) in [4.78, 5) is 18.1. The van der Waals surface area contributed by atoms with E-state index in [2.05, 4.69) is 20.5 Å². The van der Waals surface area contributed by atoms with E-state index in [4.69, 9.17) is 4.74 Å². The number of hydrogen-bond acceptors (Lipinski definition) is 8. The van der Waals surface area contributed by atoms with E-state index in [-0.39, 0.29) is 5.91 Å². The number of ether oxygens (including phenoxy) is 1. The van der Waals surface area contributed by atoms with Crippen LogP contribution in [-0.2, 0) is 0 Å². The molecule has 0 aliphatic carbocycles. The third kappa shape index (κ3) is 4.22. The Labute approximate surface area is 173 Å². The van der Waals surface area contributed by atoms with Crippen LogP contribution in [-0.4, -0.2) is 28.2 Å². The Morgan fingerprint density at radius 3 is 2.68 bits per heavy atom. The van der Waals surface area contributed by atoms with Gasteiger partial charge in [0, 0.05) is 15.8 Å². The van der Waals surface area contributed by atoms with Gasteiger partial charge >= 0.3 is 0 Å². The van der Waals surface area contributed by atoms with Crippen LogP contribution in [0.5, 0.6) is 5.75 Å². The quantitative estimate of drug-likeness (QED) is 0.464. The molecule has 2 aromatic heterocycles. The van der Waals surface area contributed by atoms with Crippen molar-refractivity contribution in [2.75, 3.05) is 12.4 Å². The van der Waals surface area contributed by atoms with Gasteiger partial charge in [0.2, 0.25) is 0 Å². The van der Waals surface area contributed by atoms with Crippen molar-refractivity contribution < 1.29 is 9.53 Å². The lowest BCUT2D eigenvalue weighted by atomic mass is 10.2. The van der Waals surface area contributed by atoms with Crippen LogP contribution in [0.3, 0.4) is 0 Å². The third-order valence-corrected chi connectivity index (χ3v) is 6.49. The minimum absolute atomic E-state index is 0.249. The summed E-state index contributed by atoms with van der Waals surface area (Å²) in [6.07, 6.45) is 0. The van der Waals surface area contributed by atoms with Crippen LogP contribution in [0.15, 0.2) is 68.7 Å². The highest BCUT2D eigenvalue weighted by Gasteiger charge is 2.15. The third-order valence-electron chi connectivity index (χ3n) is 3.75. The second kappa shape index (κ2) is 8.51. The van der Waals surface area contributed by atoms with Gasteiger partial charge in [-0.05, 0) is 36.4 Å². The molecule has 0 spiro atoms. The summed E-state index contributed by atoms with van der Waals surface area (Å²) < 4.78 is 5.99. The number of carbonyl (C=O) groups is 1. The molecule has 2 heterocycles. The lowest BCUT2D eigenvalue weighted by molar-refractivity contribution is 0.102. The number of rotatable bonds is 6. The molecule has 6 nitrogen and oxygen atoms in total. The number of para-hydroxylation sites is 1. The Kier molecular flexibility index (Phi) is 5.65. The smallest absolute Gasteiger partial charge is 0.275 e. The summed E-state index contributed by atoms with van der Waals surface area (Å²) in [5.41, 5.74) is 3.72. The van der Waals surface area contributed by atoms with E-state index in [1.54, 1.807) is 18.0 Å². The largest absolute Gasteiger partial charge is 0.497 e. The predicted octanol–water partition coefficient (Wildman–Crippen LogP) is 5.07. The zero-order valence-electron chi connectivity index (χ0n) is 14.7. The minimum Gasteiger partial charge on any atom is -0.497 e. The van der Waals surface area contributed by atoms with Crippen LogP contribution in [0, 0.1) is 0 Å². The van der Waals surface area contributed by atoms with Gasteiger partial charge in [-0.2, -0.15) is 0 Å². The molecule has 0 fully saturated rings. The number of anilines is 1. The molecule has 0 radical (unpaired) electrons. The molecular formula is C19H14N4O2S3. The van der Waals surface area contributed by atoms with Gasteiger partial charge in [-0.1, -0.05) is 35.2 Å². The number of methoxy groups -OCH3 is 1. The van der Waals surface area contributed by atoms with Crippen molar-refractivity contribution in [2.24, 2.45) is 0 Å². The highest BCUT2D eigenvalue weighted by atomic mass is 32.2. The lowest BCUT2D eigenvalue weighted by Crippen LogP contribution is -2.12. The molecule has 0 saturated carbocycles. The summed E-state index contributed by atoms with van der Waals surface area (Å²) in [6.45, 7) is 0. The van der Waals surface area contributed by atoms with E-state index in [0.717, 1.165) is 25.6 Å². The highest BCUT2D eigenvalue weighted by Crippen LogP contribution is 2.34. The molecule has 0 unspecified atom stereocenters. The number of carbonyl (C=O) groups excluding carboxylic acids is 1. The predicted molar refractivity (Wildman–Crippen MR) is 113 cm³/mol. The first-order valence-electron chi connectivity index (χ1n) is 8.17. The summed E-state index contributed by atoms with van der Waals surface area (Å²) >= 11 is 4.35. The monoisotopic (exact) mass is 426 g/mol. The molecule has 9 heteroatoms. The summed E-state index contributed by atoms with van der Waals surface area (Å²) in [7, 11) is 1.63. The summed E-state index contributed by atoms with van der Waals surface area (Å²) in [5, 5.41) is 13.4. The maximum absolute atomic E-state index is 12.7. The molecule has 0 bridgehead atoms. The fraction of sp³-hybridized carbons (Fsp3) is 0.0526. The summed E-state index contributed by atoms with van der Waals surface area (Å²) in [5.74, 6) is 0.532. The number of aromatic nitrogens is 3. The van der Waals surface area contributed by atoms with Crippen molar-refractivity contribution >= 4 is 46.0 Å². The van der Waals surface area contributed by atoms with E-state index < -0.39 is 0 Å². The van der Waals surface area contributed by atoms with Gasteiger partial charge < -0.3 is 10.1 Å². The van der Waals surface area contributed by atoms with E-state index >= 15 is 0 Å². The normalized spacial score (nSPS) is 10.6. The van der Waals surface area contributed by atoms with E-state index in [0.29, 0.717) is 11.4 Å². The standard InChI is InChI=1S/C19H14N4O2S3/c1-25-13-8-6-12(7-9-13)18-22-15(10-26-18)17(24)21-14-4-2-3-5-16(14)28-19-23-20-11-27-19/h2-11H,1H3,(H,21,24). The highest BCUT2D eigenvalue weighted by molar-refractivity contribution is 8.01. The molecule has 1 N–H and O–H groups in total. The van der Waals surface area contributed by atoms with Gasteiger partial charge in [0.15, 0.2) is 4.34 Å². The number of thiazole rings is 1. The molecule has 4 rings (SSSR count). The van der Waals surface area contributed by atoms with Crippen molar-refractivity contribution in [3.05, 3.63) is 65.1 Å². The second-order valence-corrected chi connectivity index (χ2v) is 8.50. The van der Waals surface area contributed by atoms with Crippen LogP contribution < -0.4 is 10.1 Å². The van der Waals surface area contributed by atoms with Crippen molar-refractivity contribution in [3.8, 4) is 16.3 Å². The Morgan fingerprint density at radius 1 is 1.11 bits per heavy atom. The number of nitrogens with zero attached hydrogens (tertiary/aromatic N) is 3. The first kappa shape index (κ1) is 18.6. The zero-order valence-corrected chi connectivity index (χ0v) is 17.1. The molecule has 0 atom stereocenters. The van der Waals surface area contributed by atoms with Gasteiger partial charge in [-0.3, -0.25) is 4.79 Å². The maximum atomic E-state index is 12.7. The van der Waals surface area contributed by atoms with E-state index in [1.165, 1.54) is 34.4 Å². The van der Waals surface area contributed by atoms with E-state index in [9.17, 15) is 4.79 Å². The molecular weight excluding hydrogens is 412 g/mol. The van der Waals surface area contributed by atoms with Crippen molar-refractivity contribution in [1.82, 2.24) is 15.2 Å². The summed E-state index contributed by atoms with van der Waals surface area (Å²) in [6, 6.07) is 15.2. The van der Waals surface area contributed by atoms with Gasteiger partial charge in [-0.25, -0.2) is 4.98 Å². The SMILES string of the molecule is COc1ccc(-c2nc(C(=O)Nc3ccccc3Sc3nncs3)cs2)cc1. The molecule has 0 saturated heterocycles. The molecule has 28 heavy (non-hydrogen) atoms. The number of nitrogens with one attached hydrogen (secondary N) is 1. The molecule has 1 amide bonds. The van der Waals surface area contributed by atoms with E-state index in [1.807, 2.05) is 48.5 Å². The van der Waals surface area contributed by atoms with Gasteiger partial charge in [0.1, 0.15) is 22.0 Å². The van der Waals surface area contributed by atoms with Crippen LogP contribution in [0.1, 0.15) is 10.5 Å². The van der Waals surface area contributed by atoms with Gasteiger partial charge in [0.25, 0.3) is 5.91 Å². The molecule has 2 aromatic carbocycles. The zero-order chi connectivity index (χ0) is 19.3. The molecule has 0 aliphatic heterocycles. The minimum atomic E-state index is -0.249. The Balaban J connectivity index is 1.51. The Morgan fingerprint density at radius 2 is 1.93 bits per heavy atom. The Hall–Kier alpha value is -2.75. The molecule has 0 aliphatic rings. The van der Waals surface area contributed by atoms with Crippen molar-refractivity contribution in [1.29, 1.82) is 0 Å². The first-order chi connectivity index (χ1) is 13.7. The molecule has 140 valence electrons. The first-order valence-corrected chi connectivity index (χ1v) is 10.7. The second-order valence-electron chi connectivity index (χ2n) is 5.52. The maximum Gasteiger partial charge on any atom is 0.275 e. The van der Waals surface area contributed by atoms with Crippen LogP contribution in [0.2, 0.25) is 0 Å². The van der Waals surface area contributed by atoms with Crippen molar-refractivity contribution in [3.63, 3.8) is 0 Å². The number of benzene rings is 2. The topological polar surface area (TPSA) is 77.0 Å². The van der Waals surface area contributed by atoms with Crippen molar-refractivity contribution in [2.45, 2.75) is 9.24 Å². The lowest BCUT2D eigenvalue weighted by Gasteiger charge is -2.08. The van der Waals surface area contributed by atoms with Gasteiger partial charge in [0.05, 0.1) is 12.8 Å². The number of amides is 1. The van der Waals surface area contributed by atoms with Crippen LogP contribution >= 0.6 is 34.4 Å². The molecule has 4 aromatic rings.